The van der Waals surface area contributed by atoms with Crippen molar-refractivity contribution >= 4 is 23.2 Å². The second-order valence-corrected chi connectivity index (χ2v) is 5.67. The molecule has 0 atom stereocenters. The van der Waals surface area contributed by atoms with Crippen molar-refractivity contribution in [1.29, 1.82) is 0 Å². The Kier molecular flexibility index (Phi) is 5.46. The van der Waals surface area contributed by atoms with E-state index in [1.165, 1.54) is 11.3 Å². The molecule has 108 valence electrons. The van der Waals surface area contributed by atoms with Crippen LogP contribution in [0.25, 0.3) is 0 Å². The Bertz CT molecular complexity index is 578. The van der Waals surface area contributed by atoms with Gasteiger partial charge in [0.1, 0.15) is 0 Å². The number of halogens is 2. The fourth-order valence-corrected chi connectivity index (χ4v) is 2.50. The fourth-order valence-electron chi connectivity index (χ4n) is 2.03. The van der Waals surface area contributed by atoms with Gasteiger partial charge in [0.05, 0.1) is 12.7 Å². The molecule has 0 aliphatic heterocycles. The van der Waals surface area contributed by atoms with E-state index in [0.717, 1.165) is 25.1 Å². The summed E-state index contributed by atoms with van der Waals surface area (Å²) in [5.74, 6) is 0. The molecule has 0 amide bonds. The molecule has 1 heterocycles. The fraction of sp³-hybridized carbons (Fsp3) is 0.400. The van der Waals surface area contributed by atoms with Gasteiger partial charge in [0.2, 0.25) is 0 Å². The zero-order valence-corrected chi connectivity index (χ0v) is 13.3. The van der Waals surface area contributed by atoms with Crippen molar-refractivity contribution in [1.82, 2.24) is 15.1 Å². The van der Waals surface area contributed by atoms with Crippen LogP contribution >= 0.6 is 23.2 Å². The summed E-state index contributed by atoms with van der Waals surface area (Å²) < 4.78 is 1.97. The first-order valence-electron chi connectivity index (χ1n) is 6.77. The summed E-state index contributed by atoms with van der Waals surface area (Å²) in [7, 11) is 0. The van der Waals surface area contributed by atoms with Crippen molar-refractivity contribution in [2.24, 2.45) is 0 Å². The maximum atomic E-state index is 6.20. The Hall–Kier alpha value is -1.03. The van der Waals surface area contributed by atoms with Crippen molar-refractivity contribution in [3.63, 3.8) is 0 Å². The Balaban J connectivity index is 2.10. The molecule has 0 fully saturated rings. The minimum absolute atomic E-state index is 0.653. The zero-order chi connectivity index (χ0) is 14.5. The predicted octanol–water partition coefficient (Wildman–Crippen LogP) is 4.05. The number of hydrogen-bond acceptors (Lipinski definition) is 2. The van der Waals surface area contributed by atoms with E-state index in [4.69, 9.17) is 23.2 Å². The average molecular weight is 312 g/mol. The van der Waals surface area contributed by atoms with E-state index in [9.17, 15) is 0 Å². The van der Waals surface area contributed by atoms with Crippen LogP contribution in [0.3, 0.4) is 0 Å². The van der Waals surface area contributed by atoms with Crippen LogP contribution in [0, 0.1) is 6.92 Å². The molecular weight excluding hydrogens is 293 g/mol. The van der Waals surface area contributed by atoms with Crippen LogP contribution in [0.5, 0.6) is 0 Å². The smallest absolute Gasteiger partial charge is 0.0677 e. The first kappa shape index (κ1) is 15.4. The van der Waals surface area contributed by atoms with Crippen LogP contribution < -0.4 is 5.32 Å². The maximum absolute atomic E-state index is 6.20. The molecule has 20 heavy (non-hydrogen) atoms. The molecule has 0 aliphatic rings. The second-order valence-electron chi connectivity index (χ2n) is 4.83. The molecular formula is C15H19Cl2N3. The first-order chi connectivity index (χ1) is 9.61. The summed E-state index contributed by atoms with van der Waals surface area (Å²) in [6.07, 6.45) is 3.05. The Morgan fingerprint density at radius 2 is 2.05 bits per heavy atom. The highest BCUT2D eigenvalue weighted by molar-refractivity contribution is 6.35. The largest absolute Gasteiger partial charge is 0.313 e. The van der Waals surface area contributed by atoms with Gasteiger partial charge >= 0.3 is 0 Å². The lowest BCUT2D eigenvalue weighted by Crippen LogP contribution is -2.14. The Labute approximate surface area is 129 Å². The highest BCUT2D eigenvalue weighted by atomic mass is 35.5. The molecule has 2 rings (SSSR count). The topological polar surface area (TPSA) is 29.9 Å². The molecule has 0 saturated heterocycles. The van der Waals surface area contributed by atoms with Gasteiger partial charge in [0, 0.05) is 27.8 Å². The third-order valence-corrected chi connectivity index (χ3v) is 3.87. The lowest BCUT2D eigenvalue weighted by Gasteiger charge is -2.08. The highest BCUT2D eigenvalue weighted by Gasteiger charge is 2.08. The molecule has 0 bridgehead atoms. The van der Waals surface area contributed by atoms with Gasteiger partial charge in [-0.25, -0.2) is 0 Å². The van der Waals surface area contributed by atoms with Gasteiger partial charge in [-0.3, -0.25) is 4.68 Å². The molecule has 0 unspecified atom stereocenters. The monoisotopic (exact) mass is 311 g/mol. The minimum Gasteiger partial charge on any atom is -0.313 e. The molecule has 0 radical (unpaired) electrons. The van der Waals surface area contributed by atoms with Crippen molar-refractivity contribution in [3.8, 4) is 0 Å². The molecule has 0 spiro atoms. The van der Waals surface area contributed by atoms with Gasteiger partial charge in [-0.05, 0) is 37.6 Å². The van der Waals surface area contributed by atoms with Crippen molar-refractivity contribution in [2.75, 3.05) is 6.54 Å². The van der Waals surface area contributed by atoms with E-state index in [1.807, 2.05) is 23.0 Å². The van der Waals surface area contributed by atoms with Crippen molar-refractivity contribution in [2.45, 2.75) is 33.4 Å². The first-order valence-corrected chi connectivity index (χ1v) is 7.53. The van der Waals surface area contributed by atoms with Crippen LogP contribution in [-0.4, -0.2) is 16.3 Å². The van der Waals surface area contributed by atoms with Crippen LogP contribution in [0.15, 0.2) is 24.4 Å². The van der Waals surface area contributed by atoms with E-state index < -0.39 is 0 Å². The number of nitrogens with one attached hydrogen (secondary N) is 1. The van der Waals surface area contributed by atoms with E-state index in [2.05, 4.69) is 24.3 Å². The van der Waals surface area contributed by atoms with Crippen molar-refractivity contribution < 1.29 is 0 Å². The number of aromatic nitrogens is 2. The van der Waals surface area contributed by atoms with E-state index in [-0.39, 0.29) is 0 Å². The number of nitrogens with zero attached hydrogens (tertiary/aromatic N) is 2. The third-order valence-electron chi connectivity index (χ3n) is 3.28. The van der Waals surface area contributed by atoms with E-state index in [1.54, 1.807) is 6.07 Å². The molecule has 0 aliphatic carbocycles. The summed E-state index contributed by atoms with van der Waals surface area (Å²) in [6.45, 7) is 6.78. The number of rotatable bonds is 6. The summed E-state index contributed by atoms with van der Waals surface area (Å²) in [6, 6.07) is 5.56. The van der Waals surface area contributed by atoms with Gasteiger partial charge in [-0.15, -0.1) is 0 Å². The minimum atomic E-state index is 0.653. The second kappa shape index (κ2) is 7.11. The van der Waals surface area contributed by atoms with Gasteiger partial charge in [0.25, 0.3) is 0 Å². The maximum Gasteiger partial charge on any atom is 0.0677 e. The lowest BCUT2D eigenvalue weighted by molar-refractivity contribution is 0.651. The standard InChI is InChI=1S/C15H19Cl2N3/c1-3-6-18-8-13-9-19-20(11(13)2)10-12-4-5-14(16)7-15(12)17/h4-5,7,9,18H,3,6,8,10H2,1-2H3. The molecule has 1 N–H and O–H groups in total. The van der Waals surface area contributed by atoms with Gasteiger partial charge in [0.15, 0.2) is 0 Å². The van der Waals surface area contributed by atoms with Gasteiger partial charge < -0.3 is 5.32 Å². The third kappa shape index (κ3) is 3.75. The summed E-state index contributed by atoms with van der Waals surface area (Å²) in [5.41, 5.74) is 3.42. The number of hydrogen-bond donors (Lipinski definition) is 1. The van der Waals surface area contributed by atoms with E-state index >= 15 is 0 Å². The molecule has 3 nitrogen and oxygen atoms in total. The van der Waals surface area contributed by atoms with Crippen LogP contribution in [0.2, 0.25) is 10.0 Å². The Morgan fingerprint density at radius 3 is 2.75 bits per heavy atom. The van der Waals surface area contributed by atoms with Gasteiger partial charge in [-0.2, -0.15) is 5.10 Å². The predicted molar refractivity (Wildman–Crippen MR) is 84.5 cm³/mol. The summed E-state index contributed by atoms with van der Waals surface area (Å²) in [5, 5.41) is 9.16. The summed E-state index contributed by atoms with van der Waals surface area (Å²) >= 11 is 12.1. The molecule has 5 heteroatoms. The molecule has 2 aromatic rings. The normalized spacial score (nSPS) is 11.0. The molecule has 1 aromatic heterocycles. The average Bonchev–Trinajstić information content (AvgIpc) is 2.75. The molecule has 0 saturated carbocycles. The van der Waals surface area contributed by atoms with Crippen LogP contribution in [0.4, 0.5) is 0 Å². The van der Waals surface area contributed by atoms with E-state index in [0.29, 0.717) is 16.6 Å². The van der Waals surface area contributed by atoms with Gasteiger partial charge in [-0.1, -0.05) is 36.2 Å². The van der Waals surface area contributed by atoms with Crippen molar-refractivity contribution in [3.05, 3.63) is 51.3 Å². The SMILES string of the molecule is CCCNCc1cnn(Cc2ccc(Cl)cc2Cl)c1C. The summed E-state index contributed by atoms with van der Waals surface area (Å²) in [4.78, 5) is 0. The Morgan fingerprint density at radius 1 is 1.25 bits per heavy atom. The lowest BCUT2D eigenvalue weighted by atomic mass is 10.2. The zero-order valence-electron chi connectivity index (χ0n) is 11.8. The number of benzene rings is 1. The molecule has 1 aromatic carbocycles. The van der Waals surface area contributed by atoms with Crippen LogP contribution in [0.1, 0.15) is 30.2 Å². The highest BCUT2D eigenvalue weighted by Crippen LogP contribution is 2.22. The quantitative estimate of drug-likeness (QED) is 0.816. The van der Waals surface area contributed by atoms with Crippen LogP contribution in [-0.2, 0) is 13.1 Å².